The average molecular weight is 238 g/mol. The lowest BCUT2D eigenvalue weighted by atomic mass is 9.67. The Hall–Kier alpha value is -0.370. The van der Waals surface area contributed by atoms with Crippen molar-refractivity contribution in [3.05, 3.63) is 0 Å². The van der Waals surface area contributed by atoms with Gasteiger partial charge in [0.05, 0.1) is 6.10 Å². The molecule has 0 aromatic rings. The molecule has 4 atom stereocenters. The van der Waals surface area contributed by atoms with Gasteiger partial charge in [-0.15, -0.1) is 0 Å². The summed E-state index contributed by atoms with van der Waals surface area (Å²) in [5.41, 5.74) is 0. The second-order valence-electron chi connectivity index (χ2n) is 6.37. The molecule has 2 saturated carbocycles. The number of hydrogen-bond donors (Lipinski definition) is 1. The molecule has 0 bridgehead atoms. The number of carbonyl (C=O) groups is 1. The zero-order valence-electron chi connectivity index (χ0n) is 11.2. The first kappa shape index (κ1) is 13.1. The Balaban J connectivity index is 2.03. The van der Waals surface area contributed by atoms with Crippen molar-refractivity contribution in [3.63, 3.8) is 0 Å². The summed E-state index contributed by atoms with van der Waals surface area (Å²) in [5, 5.41) is 10.1. The Morgan fingerprint density at radius 1 is 1.18 bits per heavy atom. The molecule has 0 saturated heterocycles. The second kappa shape index (κ2) is 5.51. The van der Waals surface area contributed by atoms with E-state index >= 15 is 0 Å². The van der Waals surface area contributed by atoms with E-state index in [4.69, 9.17) is 0 Å². The maximum absolute atomic E-state index is 12.1. The highest BCUT2D eigenvalue weighted by molar-refractivity contribution is 5.82. The van der Waals surface area contributed by atoms with Gasteiger partial charge in [-0.25, -0.2) is 0 Å². The van der Waals surface area contributed by atoms with Crippen molar-refractivity contribution in [1.29, 1.82) is 0 Å². The molecule has 0 aromatic heterocycles. The van der Waals surface area contributed by atoms with Crippen molar-refractivity contribution in [3.8, 4) is 0 Å². The van der Waals surface area contributed by atoms with Crippen LogP contribution in [0.25, 0.3) is 0 Å². The Labute approximate surface area is 105 Å². The fourth-order valence-electron chi connectivity index (χ4n) is 3.72. The molecule has 2 heteroatoms. The minimum absolute atomic E-state index is 0.159. The summed E-state index contributed by atoms with van der Waals surface area (Å²) in [7, 11) is 0. The molecular weight excluding hydrogens is 212 g/mol. The van der Waals surface area contributed by atoms with Crippen LogP contribution in [0.2, 0.25) is 0 Å². The van der Waals surface area contributed by atoms with E-state index in [2.05, 4.69) is 13.8 Å². The van der Waals surface area contributed by atoms with Gasteiger partial charge in [-0.1, -0.05) is 26.7 Å². The maximum Gasteiger partial charge on any atom is 0.136 e. The lowest BCUT2D eigenvalue weighted by Gasteiger charge is -2.39. The molecule has 0 spiro atoms. The molecule has 2 fully saturated rings. The summed E-state index contributed by atoms with van der Waals surface area (Å²) in [6.07, 6.45) is 6.90. The topological polar surface area (TPSA) is 37.3 Å². The molecule has 4 unspecified atom stereocenters. The first-order valence-electron chi connectivity index (χ1n) is 7.30. The summed E-state index contributed by atoms with van der Waals surface area (Å²) >= 11 is 0. The van der Waals surface area contributed by atoms with Crippen molar-refractivity contribution < 1.29 is 9.90 Å². The summed E-state index contributed by atoms with van der Waals surface area (Å²) < 4.78 is 0. The van der Waals surface area contributed by atoms with E-state index in [1.807, 2.05) is 0 Å². The number of aliphatic hydroxyl groups is 1. The minimum Gasteiger partial charge on any atom is -0.393 e. The highest BCUT2D eigenvalue weighted by Gasteiger charge is 2.39. The standard InChI is InChI=1S/C15H26O2/c1-10(2)11-7-8-15(17)13(9-11)12-5-3-4-6-14(12)16/h10-14,16H,3-9H2,1-2H3. The van der Waals surface area contributed by atoms with Crippen molar-refractivity contribution in [2.75, 3.05) is 0 Å². The number of carbonyl (C=O) groups excluding carboxylic acids is 1. The number of rotatable bonds is 2. The van der Waals surface area contributed by atoms with E-state index < -0.39 is 0 Å². The Morgan fingerprint density at radius 2 is 1.88 bits per heavy atom. The van der Waals surface area contributed by atoms with Crippen LogP contribution in [0.5, 0.6) is 0 Å². The molecule has 0 aliphatic heterocycles. The van der Waals surface area contributed by atoms with Crippen molar-refractivity contribution in [1.82, 2.24) is 0 Å². The smallest absolute Gasteiger partial charge is 0.136 e. The van der Waals surface area contributed by atoms with Crippen LogP contribution in [0.3, 0.4) is 0 Å². The first-order chi connectivity index (χ1) is 8.09. The van der Waals surface area contributed by atoms with Crippen LogP contribution in [0.1, 0.15) is 58.8 Å². The third-order valence-corrected chi connectivity index (χ3v) is 4.97. The Morgan fingerprint density at radius 3 is 2.53 bits per heavy atom. The van der Waals surface area contributed by atoms with Gasteiger partial charge >= 0.3 is 0 Å². The molecule has 2 nitrogen and oxygen atoms in total. The van der Waals surface area contributed by atoms with Gasteiger partial charge in [0, 0.05) is 12.3 Å². The summed E-state index contributed by atoms with van der Waals surface area (Å²) in [6, 6.07) is 0. The van der Waals surface area contributed by atoms with E-state index in [-0.39, 0.29) is 17.9 Å². The predicted molar refractivity (Wildman–Crippen MR) is 68.6 cm³/mol. The summed E-state index contributed by atoms with van der Waals surface area (Å²) in [6.45, 7) is 4.52. The molecule has 0 heterocycles. The third-order valence-electron chi connectivity index (χ3n) is 4.97. The lowest BCUT2D eigenvalue weighted by Crippen LogP contribution is -2.39. The van der Waals surface area contributed by atoms with Gasteiger partial charge in [0.25, 0.3) is 0 Å². The molecule has 2 aliphatic rings. The number of Topliss-reactive ketones (excluding diaryl/α,β-unsaturated/α-hetero) is 1. The van der Waals surface area contributed by atoms with E-state index in [9.17, 15) is 9.90 Å². The van der Waals surface area contributed by atoms with Crippen LogP contribution in [0, 0.1) is 23.7 Å². The van der Waals surface area contributed by atoms with E-state index in [1.54, 1.807) is 0 Å². The SMILES string of the molecule is CC(C)C1CCC(=O)C(C2CCCCC2O)C1. The van der Waals surface area contributed by atoms with Gasteiger partial charge in [-0.2, -0.15) is 0 Å². The highest BCUT2D eigenvalue weighted by Crippen LogP contribution is 2.40. The molecule has 0 radical (unpaired) electrons. The van der Waals surface area contributed by atoms with Crippen LogP contribution >= 0.6 is 0 Å². The van der Waals surface area contributed by atoms with Gasteiger partial charge in [0.1, 0.15) is 5.78 Å². The number of aliphatic hydroxyl groups excluding tert-OH is 1. The van der Waals surface area contributed by atoms with E-state index in [0.717, 1.165) is 38.5 Å². The Kier molecular flexibility index (Phi) is 4.24. The fraction of sp³-hybridized carbons (Fsp3) is 0.933. The van der Waals surface area contributed by atoms with Crippen LogP contribution in [-0.4, -0.2) is 17.0 Å². The normalized spacial score (nSPS) is 39.6. The van der Waals surface area contributed by atoms with E-state index in [1.165, 1.54) is 6.42 Å². The van der Waals surface area contributed by atoms with Gasteiger partial charge < -0.3 is 5.11 Å². The Bertz CT molecular complexity index is 272. The van der Waals surface area contributed by atoms with Crippen LogP contribution in [0.15, 0.2) is 0 Å². The van der Waals surface area contributed by atoms with E-state index in [0.29, 0.717) is 17.6 Å². The monoisotopic (exact) mass is 238 g/mol. The molecule has 2 rings (SSSR count). The fourth-order valence-corrected chi connectivity index (χ4v) is 3.72. The molecule has 98 valence electrons. The third kappa shape index (κ3) is 2.90. The molecule has 2 aliphatic carbocycles. The maximum atomic E-state index is 12.1. The predicted octanol–water partition coefficient (Wildman–Crippen LogP) is 3.18. The molecule has 0 aromatic carbocycles. The largest absolute Gasteiger partial charge is 0.393 e. The molecule has 1 N–H and O–H groups in total. The number of ketones is 1. The second-order valence-corrected chi connectivity index (χ2v) is 6.37. The molecule has 17 heavy (non-hydrogen) atoms. The van der Waals surface area contributed by atoms with Crippen LogP contribution in [-0.2, 0) is 4.79 Å². The van der Waals surface area contributed by atoms with Crippen molar-refractivity contribution in [2.24, 2.45) is 23.7 Å². The highest BCUT2D eigenvalue weighted by atomic mass is 16.3. The molecular formula is C15H26O2. The first-order valence-corrected chi connectivity index (χ1v) is 7.30. The van der Waals surface area contributed by atoms with Crippen molar-refractivity contribution in [2.45, 2.75) is 64.9 Å². The van der Waals surface area contributed by atoms with Gasteiger partial charge in [0.15, 0.2) is 0 Å². The zero-order chi connectivity index (χ0) is 12.4. The quantitative estimate of drug-likeness (QED) is 0.802. The van der Waals surface area contributed by atoms with Crippen LogP contribution in [0.4, 0.5) is 0 Å². The van der Waals surface area contributed by atoms with Gasteiger partial charge in [-0.3, -0.25) is 4.79 Å². The van der Waals surface area contributed by atoms with Crippen molar-refractivity contribution >= 4 is 5.78 Å². The number of hydrogen-bond acceptors (Lipinski definition) is 2. The lowest BCUT2D eigenvalue weighted by molar-refractivity contribution is -0.131. The summed E-state index contributed by atoms with van der Waals surface area (Å²) in [4.78, 5) is 12.1. The minimum atomic E-state index is -0.219. The average Bonchev–Trinajstić information content (AvgIpc) is 2.30. The summed E-state index contributed by atoms with van der Waals surface area (Å²) in [5.74, 6) is 2.20. The zero-order valence-corrected chi connectivity index (χ0v) is 11.2. The molecule has 0 amide bonds. The van der Waals surface area contributed by atoms with Gasteiger partial charge in [-0.05, 0) is 43.4 Å². The van der Waals surface area contributed by atoms with Crippen LogP contribution < -0.4 is 0 Å². The van der Waals surface area contributed by atoms with Gasteiger partial charge in [0.2, 0.25) is 0 Å².